The molecule has 4 N–H and O–H groups in total. The number of nitrogens with zero attached hydrogens (tertiary/aromatic N) is 1. The van der Waals surface area contributed by atoms with Crippen LogP contribution in [0.3, 0.4) is 0 Å². The Hall–Kier alpha value is -2.43. The summed E-state index contributed by atoms with van der Waals surface area (Å²) in [6, 6.07) is 12.7. The van der Waals surface area contributed by atoms with E-state index in [1.807, 2.05) is 30.3 Å². The van der Waals surface area contributed by atoms with Crippen molar-refractivity contribution in [2.24, 2.45) is 16.7 Å². The van der Waals surface area contributed by atoms with E-state index in [4.69, 9.17) is 11.6 Å². The highest BCUT2D eigenvalue weighted by molar-refractivity contribution is 5.97. The maximum Gasteiger partial charge on any atom is 0.263 e. The highest BCUT2D eigenvalue weighted by Gasteiger charge is 2.24. The number of hydrogen-bond acceptors (Lipinski definition) is 2. The minimum absolute atomic E-state index is 0.0904. The molecule has 0 saturated heterocycles. The molecule has 0 saturated carbocycles. The van der Waals surface area contributed by atoms with Gasteiger partial charge in [0.15, 0.2) is 0 Å². The predicted molar refractivity (Wildman–Crippen MR) is 82.9 cm³/mol. The third-order valence-electron chi connectivity index (χ3n) is 4.21. The second kappa shape index (κ2) is 5.75. The van der Waals surface area contributed by atoms with Crippen LogP contribution < -0.4 is 11.6 Å². The number of rotatable bonds is 3. The van der Waals surface area contributed by atoms with Crippen molar-refractivity contribution in [3.63, 3.8) is 0 Å². The minimum atomic E-state index is -2.42. The predicted octanol–water partition coefficient (Wildman–Crippen LogP) is 3.09. The molecule has 1 unspecified atom stereocenters. The number of hydrogen-bond donors (Lipinski definition) is 2. The lowest BCUT2D eigenvalue weighted by molar-refractivity contribution is 0.151. The summed E-state index contributed by atoms with van der Waals surface area (Å²) in [5, 5.41) is 3.51. The molecule has 5 heteroatoms. The van der Waals surface area contributed by atoms with Gasteiger partial charge < -0.3 is 11.6 Å². The van der Waals surface area contributed by atoms with Crippen molar-refractivity contribution in [1.82, 2.24) is 0 Å². The molecule has 114 valence electrons. The van der Waals surface area contributed by atoms with E-state index in [0.717, 1.165) is 35.1 Å². The molecule has 0 spiro atoms. The first-order valence-electron chi connectivity index (χ1n) is 7.12. The summed E-state index contributed by atoms with van der Waals surface area (Å²) < 4.78 is 25.6. The molecule has 3 nitrogen and oxygen atoms in total. The number of benzene rings is 2. The molecule has 0 amide bonds. The van der Waals surface area contributed by atoms with Gasteiger partial charge in [-0.05, 0) is 47.6 Å². The van der Waals surface area contributed by atoms with Gasteiger partial charge in [0.25, 0.3) is 6.43 Å². The average molecular weight is 301 g/mol. The van der Waals surface area contributed by atoms with E-state index in [1.165, 1.54) is 6.07 Å². The summed E-state index contributed by atoms with van der Waals surface area (Å²) in [6.07, 6.45) is -0.811. The van der Waals surface area contributed by atoms with Crippen molar-refractivity contribution < 1.29 is 8.78 Å². The van der Waals surface area contributed by atoms with Crippen LogP contribution in [-0.2, 0) is 12.8 Å². The largest absolute Gasteiger partial charge is 0.382 e. The summed E-state index contributed by atoms with van der Waals surface area (Å²) in [5.74, 6) is 5.77. The van der Waals surface area contributed by atoms with Crippen LogP contribution in [-0.4, -0.2) is 5.84 Å². The van der Waals surface area contributed by atoms with Crippen molar-refractivity contribution in [2.45, 2.75) is 25.2 Å². The number of nitrogens with two attached hydrogens (primary N) is 2. The molecule has 0 aliphatic heterocycles. The van der Waals surface area contributed by atoms with Gasteiger partial charge in [-0.15, -0.1) is 0 Å². The molecule has 2 aromatic rings. The quantitative estimate of drug-likeness (QED) is 0.396. The average Bonchev–Trinajstić information content (AvgIpc) is 2.97. The van der Waals surface area contributed by atoms with E-state index >= 15 is 0 Å². The van der Waals surface area contributed by atoms with Gasteiger partial charge in [-0.1, -0.05) is 30.3 Å². The monoisotopic (exact) mass is 301 g/mol. The van der Waals surface area contributed by atoms with E-state index < -0.39 is 6.43 Å². The molecular formula is C17H17F2N3. The molecule has 1 aliphatic rings. The second-order valence-electron chi connectivity index (χ2n) is 5.57. The third kappa shape index (κ3) is 2.66. The zero-order valence-corrected chi connectivity index (χ0v) is 12.0. The van der Waals surface area contributed by atoms with Crippen molar-refractivity contribution >= 4 is 5.84 Å². The molecular weight excluding hydrogens is 284 g/mol. The summed E-state index contributed by atoms with van der Waals surface area (Å²) in [7, 11) is 0. The molecule has 0 fully saturated rings. The van der Waals surface area contributed by atoms with Gasteiger partial charge in [-0.25, -0.2) is 8.78 Å². The summed E-state index contributed by atoms with van der Waals surface area (Å²) in [6.45, 7) is 0. The van der Waals surface area contributed by atoms with Crippen LogP contribution in [0.5, 0.6) is 0 Å². The van der Waals surface area contributed by atoms with Crippen molar-refractivity contribution in [2.75, 3.05) is 0 Å². The summed E-state index contributed by atoms with van der Waals surface area (Å²) in [4.78, 5) is 0. The van der Waals surface area contributed by atoms with Gasteiger partial charge in [-0.2, -0.15) is 5.10 Å². The van der Waals surface area contributed by atoms with E-state index in [-0.39, 0.29) is 17.3 Å². The number of hydrazone groups is 1. The maximum absolute atomic E-state index is 12.8. The molecule has 3 rings (SSSR count). The summed E-state index contributed by atoms with van der Waals surface area (Å²) in [5.41, 5.74) is 9.88. The zero-order chi connectivity index (χ0) is 15.7. The molecule has 0 bridgehead atoms. The Morgan fingerprint density at radius 1 is 1.09 bits per heavy atom. The topological polar surface area (TPSA) is 64.4 Å². The molecule has 0 heterocycles. The van der Waals surface area contributed by atoms with E-state index in [1.54, 1.807) is 6.07 Å². The Labute approximate surface area is 127 Å². The van der Waals surface area contributed by atoms with E-state index in [9.17, 15) is 8.78 Å². The normalized spacial score (nSPS) is 17.8. The first kappa shape index (κ1) is 14.5. The fourth-order valence-electron chi connectivity index (χ4n) is 3.04. The summed E-state index contributed by atoms with van der Waals surface area (Å²) >= 11 is 0. The highest BCUT2D eigenvalue weighted by Crippen LogP contribution is 2.36. The first-order chi connectivity index (χ1) is 10.6. The Kier molecular flexibility index (Phi) is 3.79. The smallest absolute Gasteiger partial charge is 0.263 e. The van der Waals surface area contributed by atoms with Crippen LogP contribution in [0.4, 0.5) is 8.78 Å². The van der Waals surface area contributed by atoms with Crippen LogP contribution in [0.15, 0.2) is 47.6 Å². The number of amidine groups is 1. The van der Waals surface area contributed by atoms with Crippen LogP contribution in [0.25, 0.3) is 0 Å². The van der Waals surface area contributed by atoms with Crippen LogP contribution in [0, 0.1) is 0 Å². The van der Waals surface area contributed by atoms with Gasteiger partial charge >= 0.3 is 0 Å². The fourth-order valence-corrected chi connectivity index (χ4v) is 3.04. The minimum Gasteiger partial charge on any atom is -0.382 e. The molecule has 2 aromatic carbocycles. The lowest BCUT2D eigenvalue weighted by Crippen LogP contribution is -2.16. The van der Waals surface area contributed by atoms with Crippen LogP contribution >= 0.6 is 0 Å². The molecule has 0 aromatic heterocycles. The maximum atomic E-state index is 12.8. The van der Waals surface area contributed by atoms with Gasteiger partial charge in [0, 0.05) is 11.1 Å². The number of alkyl halides is 2. The Morgan fingerprint density at radius 3 is 2.59 bits per heavy atom. The van der Waals surface area contributed by atoms with E-state index in [2.05, 4.69) is 5.10 Å². The third-order valence-corrected chi connectivity index (χ3v) is 4.21. The first-order valence-corrected chi connectivity index (χ1v) is 7.12. The standard InChI is InChI=1S/C17H17F2N3/c18-16(19)12-5-4-11-7-14(9-15(11)8-12)10-2-1-3-13(6-10)17(20)22-21/h1-6,8,14,16H,7,9,21H2,(H2,20,22). The Bertz CT molecular complexity index is 726. The van der Waals surface area contributed by atoms with Crippen molar-refractivity contribution in [1.29, 1.82) is 0 Å². The number of fused-ring (bicyclic) bond motifs is 1. The lowest BCUT2D eigenvalue weighted by Gasteiger charge is -2.11. The number of halogens is 2. The van der Waals surface area contributed by atoms with Gasteiger partial charge in [0.05, 0.1) is 0 Å². The highest BCUT2D eigenvalue weighted by atomic mass is 19.3. The SMILES string of the molecule is N/N=C(\N)c1cccc(C2Cc3ccc(C(F)F)cc3C2)c1. The van der Waals surface area contributed by atoms with E-state index in [0.29, 0.717) is 0 Å². The Balaban J connectivity index is 1.87. The Morgan fingerprint density at radius 2 is 1.86 bits per heavy atom. The van der Waals surface area contributed by atoms with Crippen molar-refractivity contribution in [3.8, 4) is 0 Å². The zero-order valence-electron chi connectivity index (χ0n) is 12.0. The lowest BCUT2D eigenvalue weighted by atomic mass is 9.94. The molecule has 0 radical (unpaired) electrons. The molecule has 1 atom stereocenters. The van der Waals surface area contributed by atoms with Gasteiger partial charge in [-0.3, -0.25) is 0 Å². The van der Waals surface area contributed by atoms with Gasteiger partial charge in [0.2, 0.25) is 0 Å². The fraction of sp³-hybridized carbons (Fsp3) is 0.235. The van der Waals surface area contributed by atoms with Crippen molar-refractivity contribution in [3.05, 3.63) is 70.3 Å². The van der Waals surface area contributed by atoms with Gasteiger partial charge in [0.1, 0.15) is 5.84 Å². The van der Waals surface area contributed by atoms with Crippen LogP contribution in [0.1, 0.15) is 40.2 Å². The second-order valence-corrected chi connectivity index (χ2v) is 5.57. The molecule has 22 heavy (non-hydrogen) atoms. The van der Waals surface area contributed by atoms with Crippen LogP contribution in [0.2, 0.25) is 0 Å². The molecule has 1 aliphatic carbocycles.